The number of hydrogen-bond acceptors (Lipinski definition) is 4. The van der Waals surface area contributed by atoms with E-state index in [1.165, 1.54) is 0 Å². The zero-order valence-electron chi connectivity index (χ0n) is 15.0. The third-order valence-corrected chi connectivity index (χ3v) is 4.50. The lowest BCUT2D eigenvalue weighted by atomic mass is 9.97. The molecule has 1 aromatic heterocycles. The van der Waals surface area contributed by atoms with Crippen LogP contribution in [0.4, 0.5) is 5.95 Å². The van der Waals surface area contributed by atoms with Crippen LogP contribution in [0.1, 0.15) is 26.7 Å². The summed E-state index contributed by atoms with van der Waals surface area (Å²) in [5, 5.41) is 3.05. The summed E-state index contributed by atoms with van der Waals surface area (Å²) in [7, 11) is 0. The van der Waals surface area contributed by atoms with E-state index in [-0.39, 0.29) is 11.8 Å². The first-order chi connectivity index (χ1) is 12.1. The molecule has 1 unspecified atom stereocenters. The van der Waals surface area contributed by atoms with Crippen LogP contribution in [0.2, 0.25) is 0 Å². The van der Waals surface area contributed by atoms with E-state index in [9.17, 15) is 4.79 Å². The minimum Gasteiger partial charge on any atom is -0.356 e. The van der Waals surface area contributed by atoms with E-state index in [1.807, 2.05) is 42.7 Å². The van der Waals surface area contributed by atoms with E-state index in [1.54, 1.807) is 0 Å². The summed E-state index contributed by atoms with van der Waals surface area (Å²) in [6.45, 7) is 6.54. The maximum absolute atomic E-state index is 12.3. The maximum Gasteiger partial charge on any atom is 0.225 e. The second kappa shape index (κ2) is 8.10. The number of nitrogens with zero attached hydrogens (tertiary/aromatic N) is 3. The molecule has 2 heterocycles. The number of carbonyl (C=O) groups excluding carboxylic acids is 1. The first kappa shape index (κ1) is 17.4. The Hall–Kier alpha value is -2.43. The topological polar surface area (TPSA) is 58.1 Å². The van der Waals surface area contributed by atoms with Gasteiger partial charge in [0.25, 0.3) is 0 Å². The van der Waals surface area contributed by atoms with Gasteiger partial charge in [0.15, 0.2) is 0 Å². The Labute approximate surface area is 149 Å². The Balaban J connectivity index is 1.64. The van der Waals surface area contributed by atoms with Crippen molar-refractivity contribution in [1.29, 1.82) is 0 Å². The minimum atomic E-state index is 0.0184. The van der Waals surface area contributed by atoms with Crippen molar-refractivity contribution in [3.63, 3.8) is 0 Å². The van der Waals surface area contributed by atoms with E-state index >= 15 is 0 Å². The number of anilines is 1. The quantitative estimate of drug-likeness (QED) is 0.910. The Kier molecular flexibility index (Phi) is 5.64. The fourth-order valence-electron chi connectivity index (χ4n) is 3.09. The van der Waals surface area contributed by atoms with Crippen molar-refractivity contribution in [2.45, 2.75) is 26.7 Å². The lowest BCUT2D eigenvalue weighted by Crippen LogP contribution is -2.44. The summed E-state index contributed by atoms with van der Waals surface area (Å²) in [6, 6.07) is 10.1. The van der Waals surface area contributed by atoms with E-state index in [2.05, 4.69) is 34.0 Å². The molecule has 1 aliphatic heterocycles. The van der Waals surface area contributed by atoms with Crippen LogP contribution in [0.15, 0.2) is 42.7 Å². The number of hydrogen-bond donors (Lipinski definition) is 1. The fraction of sp³-hybridized carbons (Fsp3) is 0.450. The van der Waals surface area contributed by atoms with Crippen molar-refractivity contribution in [3.8, 4) is 11.1 Å². The molecule has 0 spiro atoms. The van der Waals surface area contributed by atoms with Gasteiger partial charge in [0.2, 0.25) is 11.9 Å². The van der Waals surface area contributed by atoms with Crippen LogP contribution in [0.3, 0.4) is 0 Å². The van der Waals surface area contributed by atoms with Crippen LogP contribution in [0, 0.1) is 11.8 Å². The highest BCUT2D eigenvalue weighted by Crippen LogP contribution is 2.22. The van der Waals surface area contributed by atoms with Crippen molar-refractivity contribution < 1.29 is 4.79 Å². The van der Waals surface area contributed by atoms with Crippen LogP contribution in [0.25, 0.3) is 11.1 Å². The van der Waals surface area contributed by atoms with Gasteiger partial charge in [-0.3, -0.25) is 4.79 Å². The minimum absolute atomic E-state index is 0.0184. The number of rotatable bonds is 5. The number of carbonyl (C=O) groups is 1. The van der Waals surface area contributed by atoms with Crippen LogP contribution < -0.4 is 10.2 Å². The predicted octanol–water partition coefficient (Wildman–Crippen LogP) is 3.13. The van der Waals surface area contributed by atoms with Gasteiger partial charge in [0.05, 0.1) is 5.92 Å². The largest absolute Gasteiger partial charge is 0.356 e. The highest BCUT2D eigenvalue weighted by molar-refractivity contribution is 5.79. The molecule has 1 fully saturated rings. The SMILES string of the molecule is CC(C)CNC(=O)C1CCCN(c2ncc(-c3ccccc3)cn2)C1. The van der Waals surface area contributed by atoms with Gasteiger partial charge in [0, 0.05) is 37.6 Å². The molecule has 1 saturated heterocycles. The summed E-state index contributed by atoms with van der Waals surface area (Å²) in [5.41, 5.74) is 2.12. The highest BCUT2D eigenvalue weighted by Gasteiger charge is 2.27. The maximum atomic E-state index is 12.3. The summed E-state index contributed by atoms with van der Waals surface area (Å²) in [4.78, 5) is 23.5. The van der Waals surface area contributed by atoms with Crippen LogP contribution >= 0.6 is 0 Å². The van der Waals surface area contributed by atoms with Crippen molar-refractivity contribution in [2.75, 3.05) is 24.5 Å². The Morgan fingerprint density at radius 3 is 2.60 bits per heavy atom. The molecule has 0 bridgehead atoms. The van der Waals surface area contributed by atoms with Gasteiger partial charge in [0.1, 0.15) is 0 Å². The predicted molar refractivity (Wildman–Crippen MR) is 100 cm³/mol. The molecule has 1 atom stereocenters. The molecule has 0 radical (unpaired) electrons. The summed E-state index contributed by atoms with van der Waals surface area (Å²) >= 11 is 0. The number of benzene rings is 1. The monoisotopic (exact) mass is 338 g/mol. The smallest absolute Gasteiger partial charge is 0.225 e. The van der Waals surface area contributed by atoms with Crippen molar-refractivity contribution in [1.82, 2.24) is 15.3 Å². The van der Waals surface area contributed by atoms with E-state index < -0.39 is 0 Å². The van der Waals surface area contributed by atoms with Gasteiger partial charge in [-0.2, -0.15) is 0 Å². The van der Waals surface area contributed by atoms with Gasteiger partial charge >= 0.3 is 0 Å². The molecule has 2 aromatic rings. The van der Waals surface area contributed by atoms with Crippen LogP contribution in [-0.2, 0) is 4.79 Å². The van der Waals surface area contributed by atoms with E-state index in [4.69, 9.17) is 0 Å². The van der Waals surface area contributed by atoms with Gasteiger partial charge in [-0.1, -0.05) is 44.2 Å². The third kappa shape index (κ3) is 4.56. The van der Waals surface area contributed by atoms with Crippen LogP contribution in [-0.4, -0.2) is 35.5 Å². The summed E-state index contributed by atoms with van der Waals surface area (Å²) < 4.78 is 0. The molecule has 1 N–H and O–H groups in total. The van der Waals surface area contributed by atoms with Gasteiger partial charge < -0.3 is 10.2 Å². The third-order valence-electron chi connectivity index (χ3n) is 4.50. The van der Waals surface area contributed by atoms with E-state index in [0.717, 1.165) is 37.1 Å². The summed E-state index contributed by atoms with van der Waals surface area (Å²) in [6.07, 6.45) is 5.65. The number of nitrogens with one attached hydrogen (secondary N) is 1. The number of piperidine rings is 1. The zero-order chi connectivity index (χ0) is 17.6. The van der Waals surface area contributed by atoms with Crippen molar-refractivity contribution in [3.05, 3.63) is 42.7 Å². The molecular formula is C20H26N4O. The summed E-state index contributed by atoms with van der Waals surface area (Å²) in [5.74, 6) is 1.35. The molecule has 1 aliphatic rings. The van der Waals surface area contributed by atoms with E-state index in [0.29, 0.717) is 18.4 Å². The van der Waals surface area contributed by atoms with Crippen molar-refractivity contribution in [2.24, 2.45) is 11.8 Å². The molecule has 3 rings (SSSR count). The number of amides is 1. The Morgan fingerprint density at radius 1 is 1.20 bits per heavy atom. The highest BCUT2D eigenvalue weighted by atomic mass is 16.1. The molecular weight excluding hydrogens is 312 g/mol. The normalized spacial score (nSPS) is 17.6. The average Bonchev–Trinajstić information content (AvgIpc) is 2.67. The fourth-order valence-corrected chi connectivity index (χ4v) is 3.09. The molecule has 0 saturated carbocycles. The average molecular weight is 338 g/mol. The second-order valence-corrected chi connectivity index (χ2v) is 7.06. The first-order valence-corrected chi connectivity index (χ1v) is 9.03. The zero-order valence-corrected chi connectivity index (χ0v) is 15.0. The lowest BCUT2D eigenvalue weighted by Gasteiger charge is -2.32. The molecule has 132 valence electrons. The van der Waals surface area contributed by atoms with Gasteiger partial charge in [-0.15, -0.1) is 0 Å². The molecule has 25 heavy (non-hydrogen) atoms. The number of aromatic nitrogens is 2. The Morgan fingerprint density at radius 2 is 1.92 bits per heavy atom. The molecule has 1 amide bonds. The lowest BCUT2D eigenvalue weighted by molar-refractivity contribution is -0.125. The first-order valence-electron chi connectivity index (χ1n) is 9.03. The van der Waals surface area contributed by atoms with Crippen LogP contribution in [0.5, 0.6) is 0 Å². The Bertz CT molecular complexity index is 685. The molecule has 5 nitrogen and oxygen atoms in total. The standard InChI is InChI=1S/C20H26N4O/c1-15(2)11-21-19(25)17-9-6-10-24(14-17)20-22-12-18(13-23-20)16-7-4-3-5-8-16/h3-5,7-8,12-13,15,17H,6,9-11,14H2,1-2H3,(H,21,25). The molecule has 5 heteroatoms. The van der Waals surface area contributed by atoms with Gasteiger partial charge in [-0.25, -0.2) is 9.97 Å². The molecule has 1 aromatic carbocycles. The van der Waals surface area contributed by atoms with Gasteiger partial charge in [-0.05, 0) is 24.3 Å². The molecule has 0 aliphatic carbocycles. The second-order valence-electron chi connectivity index (χ2n) is 7.06. The van der Waals surface area contributed by atoms with Crippen molar-refractivity contribution >= 4 is 11.9 Å².